The molecule has 4 heteroatoms. The van der Waals surface area contributed by atoms with E-state index in [1.165, 1.54) is 23.4 Å². The minimum absolute atomic E-state index is 0.621. The van der Waals surface area contributed by atoms with Crippen LogP contribution >= 0.6 is 22.9 Å². The second-order valence-corrected chi connectivity index (χ2v) is 6.98. The third-order valence-electron chi connectivity index (χ3n) is 3.81. The molecule has 0 radical (unpaired) electrons. The summed E-state index contributed by atoms with van der Waals surface area (Å²) in [5.74, 6) is 0. The molecule has 1 aromatic carbocycles. The second kappa shape index (κ2) is 6.61. The number of anilines is 1. The van der Waals surface area contributed by atoms with E-state index in [-0.39, 0.29) is 0 Å². The van der Waals surface area contributed by atoms with Gasteiger partial charge in [0.2, 0.25) is 0 Å². The van der Waals surface area contributed by atoms with Crippen LogP contribution < -0.4 is 10.2 Å². The van der Waals surface area contributed by atoms with Gasteiger partial charge in [-0.15, -0.1) is 11.3 Å². The number of thiophene rings is 1. The fraction of sp³-hybridized carbons (Fsp3) is 0.375. The van der Waals surface area contributed by atoms with Gasteiger partial charge in [-0.3, -0.25) is 0 Å². The van der Waals surface area contributed by atoms with Crippen LogP contribution in [0.2, 0.25) is 4.34 Å². The number of para-hydroxylation sites is 1. The van der Waals surface area contributed by atoms with Gasteiger partial charge in [0.1, 0.15) is 0 Å². The SMILES string of the molecule is Clc1ccc(CNC2CCN(c3ccccc3)CC2)s1. The summed E-state index contributed by atoms with van der Waals surface area (Å²) in [6.45, 7) is 3.20. The number of hydrogen-bond donors (Lipinski definition) is 1. The number of piperidine rings is 1. The third-order valence-corrected chi connectivity index (χ3v) is 5.04. The molecular weight excluding hydrogens is 288 g/mol. The Morgan fingerprint density at radius 1 is 1.10 bits per heavy atom. The van der Waals surface area contributed by atoms with Gasteiger partial charge in [0, 0.05) is 36.2 Å². The molecule has 0 spiro atoms. The number of halogens is 1. The first-order valence-electron chi connectivity index (χ1n) is 7.09. The predicted molar refractivity (Wildman–Crippen MR) is 87.8 cm³/mol. The van der Waals surface area contributed by atoms with E-state index in [4.69, 9.17) is 11.6 Å². The molecule has 2 aromatic rings. The largest absolute Gasteiger partial charge is 0.371 e. The summed E-state index contributed by atoms with van der Waals surface area (Å²) >= 11 is 7.62. The molecule has 2 heterocycles. The van der Waals surface area contributed by atoms with E-state index in [2.05, 4.69) is 46.6 Å². The number of hydrogen-bond acceptors (Lipinski definition) is 3. The maximum atomic E-state index is 5.95. The normalized spacial score (nSPS) is 16.6. The number of rotatable bonds is 4. The van der Waals surface area contributed by atoms with Crippen LogP contribution in [0, 0.1) is 0 Å². The molecule has 0 atom stereocenters. The maximum absolute atomic E-state index is 5.95. The van der Waals surface area contributed by atoms with Gasteiger partial charge in [-0.05, 0) is 37.1 Å². The molecule has 0 aliphatic carbocycles. The van der Waals surface area contributed by atoms with E-state index in [0.29, 0.717) is 6.04 Å². The van der Waals surface area contributed by atoms with Crippen LogP contribution in [0.5, 0.6) is 0 Å². The van der Waals surface area contributed by atoms with Crippen molar-refractivity contribution in [3.05, 3.63) is 51.7 Å². The fourth-order valence-corrected chi connectivity index (χ4v) is 3.71. The highest BCUT2D eigenvalue weighted by Crippen LogP contribution is 2.23. The smallest absolute Gasteiger partial charge is 0.0931 e. The van der Waals surface area contributed by atoms with Crippen molar-refractivity contribution in [1.29, 1.82) is 0 Å². The summed E-state index contributed by atoms with van der Waals surface area (Å²) in [7, 11) is 0. The zero-order chi connectivity index (χ0) is 13.8. The van der Waals surface area contributed by atoms with Crippen molar-refractivity contribution in [3.8, 4) is 0 Å². The molecule has 0 bridgehead atoms. The Bertz CT molecular complexity index is 532. The average Bonchev–Trinajstić information content (AvgIpc) is 2.92. The second-order valence-electron chi connectivity index (χ2n) is 5.18. The van der Waals surface area contributed by atoms with Crippen LogP contribution in [0.1, 0.15) is 17.7 Å². The van der Waals surface area contributed by atoms with Crippen molar-refractivity contribution in [1.82, 2.24) is 5.32 Å². The van der Waals surface area contributed by atoms with Gasteiger partial charge in [-0.2, -0.15) is 0 Å². The molecule has 0 saturated carbocycles. The molecule has 0 unspecified atom stereocenters. The summed E-state index contributed by atoms with van der Waals surface area (Å²) in [6, 6.07) is 15.4. The summed E-state index contributed by atoms with van der Waals surface area (Å²) in [4.78, 5) is 3.79. The van der Waals surface area contributed by atoms with Gasteiger partial charge in [-0.1, -0.05) is 29.8 Å². The highest BCUT2D eigenvalue weighted by molar-refractivity contribution is 7.16. The first-order chi connectivity index (χ1) is 9.81. The molecule has 1 fully saturated rings. The van der Waals surface area contributed by atoms with E-state index in [9.17, 15) is 0 Å². The zero-order valence-electron chi connectivity index (χ0n) is 11.4. The average molecular weight is 307 g/mol. The first kappa shape index (κ1) is 13.9. The Kier molecular flexibility index (Phi) is 4.61. The Morgan fingerprint density at radius 2 is 1.85 bits per heavy atom. The van der Waals surface area contributed by atoms with Gasteiger partial charge < -0.3 is 10.2 Å². The lowest BCUT2D eigenvalue weighted by Gasteiger charge is -2.34. The summed E-state index contributed by atoms with van der Waals surface area (Å²) in [5.41, 5.74) is 1.34. The van der Waals surface area contributed by atoms with Gasteiger partial charge >= 0.3 is 0 Å². The topological polar surface area (TPSA) is 15.3 Å². The van der Waals surface area contributed by atoms with E-state index in [1.807, 2.05) is 6.07 Å². The van der Waals surface area contributed by atoms with Crippen molar-refractivity contribution in [2.24, 2.45) is 0 Å². The van der Waals surface area contributed by atoms with Crippen LogP contribution in [0.25, 0.3) is 0 Å². The van der Waals surface area contributed by atoms with Gasteiger partial charge in [0.15, 0.2) is 0 Å². The molecule has 0 amide bonds. The van der Waals surface area contributed by atoms with E-state index in [0.717, 1.165) is 24.0 Å². The number of benzene rings is 1. The standard InChI is InChI=1S/C16H19ClN2S/c17-16-7-6-15(20-16)12-18-13-8-10-19(11-9-13)14-4-2-1-3-5-14/h1-7,13,18H,8-12H2. The van der Waals surface area contributed by atoms with E-state index >= 15 is 0 Å². The highest BCUT2D eigenvalue weighted by atomic mass is 35.5. The third kappa shape index (κ3) is 3.54. The number of nitrogens with zero attached hydrogens (tertiary/aromatic N) is 1. The maximum Gasteiger partial charge on any atom is 0.0931 e. The predicted octanol–water partition coefficient (Wildman–Crippen LogP) is 4.16. The molecular formula is C16H19ClN2S. The highest BCUT2D eigenvalue weighted by Gasteiger charge is 2.18. The first-order valence-corrected chi connectivity index (χ1v) is 8.28. The Labute approximate surface area is 129 Å². The minimum atomic E-state index is 0.621. The van der Waals surface area contributed by atoms with Crippen LogP contribution in [-0.4, -0.2) is 19.1 Å². The van der Waals surface area contributed by atoms with Crippen molar-refractivity contribution in [3.63, 3.8) is 0 Å². The van der Waals surface area contributed by atoms with Gasteiger partial charge in [0.05, 0.1) is 4.34 Å². The van der Waals surface area contributed by atoms with Crippen LogP contribution in [-0.2, 0) is 6.54 Å². The van der Waals surface area contributed by atoms with Crippen molar-refractivity contribution < 1.29 is 0 Å². The van der Waals surface area contributed by atoms with Crippen LogP contribution in [0.4, 0.5) is 5.69 Å². The van der Waals surface area contributed by atoms with Crippen molar-refractivity contribution in [2.75, 3.05) is 18.0 Å². The molecule has 2 nitrogen and oxygen atoms in total. The lowest BCUT2D eigenvalue weighted by molar-refractivity contribution is 0.415. The van der Waals surface area contributed by atoms with Crippen molar-refractivity contribution in [2.45, 2.75) is 25.4 Å². The van der Waals surface area contributed by atoms with Crippen molar-refractivity contribution >= 4 is 28.6 Å². The van der Waals surface area contributed by atoms with Gasteiger partial charge in [0.25, 0.3) is 0 Å². The van der Waals surface area contributed by atoms with Gasteiger partial charge in [-0.25, -0.2) is 0 Å². The Balaban J connectivity index is 1.47. The summed E-state index contributed by atoms with van der Waals surface area (Å²) in [6.07, 6.45) is 2.40. The molecule has 20 heavy (non-hydrogen) atoms. The monoisotopic (exact) mass is 306 g/mol. The lowest BCUT2D eigenvalue weighted by atomic mass is 10.0. The molecule has 1 N–H and O–H groups in total. The summed E-state index contributed by atoms with van der Waals surface area (Å²) in [5, 5.41) is 3.65. The molecule has 1 saturated heterocycles. The Hall–Kier alpha value is -1.03. The number of nitrogens with one attached hydrogen (secondary N) is 1. The quantitative estimate of drug-likeness (QED) is 0.912. The minimum Gasteiger partial charge on any atom is -0.371 e. The fourth-order valence-electron chi connectivity index (χ4n) is 2.67. The molecule has 1 aliphatic heterocycles. The molecule has 3 rings (SSSR count). The van der Waals surface area contributed by atoms with Crippen LogP contribution in [0.15, 0.2) is 42.5 Å². The zero-order valence-corrected chi connectivity index (χ0v) is 13.0. The molecule has 1 aliphatic rings. The van der Waals surface area contributed by atoms with E-state index < -0.39 is 0 Å². The summed E-state index contributed by atoms with van der Waals surface area (Å²) < 4.78 is 0.876. The van der Waals surface area contributed by atoms with Crippen LogP contribution in [0.3, 0.4) is 0 Å². The lowest BCUT2D eigenvalue weighted by Crippen LogP contribution is -2.42. The Morgan fingerprint density at radius 3 is 2.50 bits per heavy atom. The molecule has 1 aromatic heterocycles. The van der Waals surface area contributed by atoms with E-state index in [1.54, 1.807) is 11.3 Å². The molecule has 106 valence electrons.